The van der Waals surface area contributed by atoms with E-state index in [4.69, 9.17) is 9.47 Å². The average Bonchev–Trinajstić information content (AvgIpc) is 2.62. The minimum absolute atomic E-state index is 0.0723. The zero-order valence-corrected chi connectivity index (χ0v) is 17.0. The van der Waals surface area contributed by atoms with Gasteiger partial charge in [-0.2, -0.15) is 0 Å². The lowest BCUT2D eigenvalue weighted by Gasteiger charge is -2.22. The van der Waals surface area contributed by atoms with E-state index in [1.165, 1.54) is 0 Å². The first kappa shape index (κ1) is 20.3. The number of rotatable bonds is 9. The van der Waals surface area contributed by atoms with E-state index in [1.54, 1.807) is 14.2 Å². The van der Waals surface area contributed by atoms with Gasteiger partial charge in [-0.3, -0.25) is 9.69 Å². The molecule has 0 fully saturated rings. The number of carbonyl (C=O) groups excluding carboxylic acids is 1. The van der Waals surface area contributed by atoms with Crippen molar-refractivity contribution in [1.82, 2.24) is 4.90 Å². The fourth-order valence-corrected chi connectivity index (χ4v) is 3.19. The summed E-state index contributed by atoms with van der Waals surface area (Å²) in [6, 6.07) is 13.3. The number of hydrogen-bond donors (Lipinski definition) is 1. The Hall–Kier alpha value is -2.05. The average molecular weight is 421 g/mol. The Labute approximate surface area is 163 Å². The number of methoxy groups -OCH3 is 2. The number of benzene rings is 2. The van der Waals surface area contributed by atoms with E-state index in [0.29, 0.717) is 24.5 Å². The van der Waals surface area contributed by atoms with Crippen LogP contribution in [0.4, 0.5) is 5.69 Å². The van der Waals surface area contributed by atoms with Gasteiger partial charge in [0.1, 0.15) is 11.5 Å². The molecular weight excluding hydrogens is 396 g/mol. The molecule has 0 radical (unpaired) electrons. The first-order valence-electron chi connectivity index (χ1n) is 8.55. The molecule has 0 saturated carbocycles. The van der Waals surface area contributed by atoms with Gasteiger partial charge in [0.05, 0.1) is 26.5 Å². The second-order valence-electron chi connectivity index (χ2n) is 5.92. The molecule has 6 heteroatoms. The topological polar surface area (TPSA) is 50.8 Å². The van der Waals surface area contributed by atoms with Crippen LogP contribution in [0.2, 0.25) is 0 Å². The zero-order valence-electron chi connectivity index (χ0n) is 15.4. The van der Waals surface area contributed by atoms with Crippen LogP contribution in [0.15, 0.2) is 46.9 Å². The van der Waals surface area contributed by atoms with Crippen molar-refractivity contribution in [2.75, 3.05) is 32.6 Å². The number of carbonyl (C=O) groups is 1. The van der Waals surface area contributed by atoms with E-state index in [1.807, 2.05) is 42.5 Å². The minimum atomic E-state index is -0.0723. The molecule has 0 unspecified atom stereocenters. The van der Waals surface area contributed by atoms with Crippen LogP contribution in [-0.2, 0) is 11.3 Å². The number of amides is 1. The number of halogens is 1. The molecule has 2 aromatic rings. The first-order valence-corrected chi connectivity index (χ1v) is 9.34. The normalized spacial score (nSPS) is 10.7. The highest BCUT2D eigenvalue weighted by Crippen LogP contribution is 2.25. The Kier molecular flexibility index (Phi) is 7.94. The van der Waals surface area contributed by atoms with Gasteiger partial charge in [-0.05, 0) is 43.3 Å². The van der Waals surface area contributed by atoms with Crippen molar-refractivity contribution in [2.45, 2.75) is 19.9 Å². The van der Waals surface area contributed by atoms with Gasteiger partial charge in [0.15, 0.2) is 0 Å². The van der Waals surface area contributed by atoms with Crippen LogP contribution in [0.3, 0.4) is 0 Å². The molecule has 0 aliphatic rings. The highest BCUT2D eigenvalue weighted by atomic mass is 79.9. The largest absolute Gasteiger partial charge is 0.496 e. The minimum Gasteiger partial charge on any atom is -0.496 e. The van der Waals surface area contributed by atoms with Gasteiger partial charge >= 0.3 is 0 Å². The van der Waals surface area contributed by atoms with Crippen LogP contribution in [-0.4, -0.2) is 38.1 Å². The molecule has 0 aliphatic carbocycles. The fraction of sp³-hybridized carbons (Fsp3) is 0.350. The van der Waals surface area contributed by atoms with Crippen LogP contribution < -0.4 is 14.8 Å². The van der Waals surface area contributed by atoms with Crippen LogP contribution in [0.5, 0.6) is 11.5 Å². The molecule has 0 saturated heterocycles. The summed E-state index contributed by atoms with van der Waals surface area (Å²) in [7, 11) is 3.25. The molecule has 2 rings (SSSR count). The van der Waals surface area contributed by atoms with Crippen LogP contribution in [0.25, 0.3) is 0 Å². The number of nitrogens with zero attached hydrogens (tertiary/aromatic N) is 1. The monoisotopic (exact) mass is 420 g/mol. The quantitative estimate of drug-likeness (QED) is 0.656. The third kappa shape index (κ3) is 5.75. The van der Waals surface area contributed by atoms with Crippen molar-refractivity contribution < 1.29 is 14.3 Å². The third-order valence-corrected chi connectivity index (χ3v) is 4.42. The van der Waals surface area contributed by atoms with Crippen LogP contribution in [0, 0.1) is 0 Å². The standard InChI is InChI=1S/C20H25BrN2O3/c1-4-11-23(13-15-12-16(21)9-10-18(15)25-2)14-20(24)22-17-7-5-6-8-19(17)26-3/h5-10,12H,4,11,13-14H2,1-3H3,(H,22,24). The van der Waals surface area contributed by atoms with Gasteiger partial charge in [0.2, 0.25) is 5.91 Å². The highest BCUT2D eigenvalue weighted by Gasteiger charge is 2.15. The lowest BCUT2D eigenvalue weighted by Crippen LogP contribution is -2.33. The third-order valence-electron chi connectivity index (χ3n) is 3.92. The summed E-state index contributed by atoms with van der Waals surface area (Å²) in [6.07, 6.45) is 0.957. The van der Waals surface area contributed by atoms with E-state index in [0.717, 1.165) is 28.8 Å². The molecule has 0 bridgehead atoms. The fourth-order valence-electron chi connectivity index (χ4n) is 2.78. The van der Waals surface area contributed by atoms with E-state index >= 15 is 0 Å². The Morgan fingerprint density at radius 2 is 1.85 bits per heavy atom. The summed E-state index contributed by atoms with van der Waals surface area (Å²) in [5, 5.41) is 2.93. The number of ether oxygens (including phenoxy) is 2. The van der Waals surface area contributed by atoms with Crippen LogP contribution in [0.1, 0.15) is 18.9 Å². The Morgan fingerprint density at radius 3 is 2.54 bits per heavy atom. The molecule has 0 atom stereocenters. The van der Waals surface area contributed by atoms with Gasteiger partial charge in [-0.15, -0.1) is 0 Å². The second kappa shape index (κ2) is 10.2. The van der Waals surface area contributed by atoms with Crippen LogP contribution >= 0.6 is 15.9 Å². The van der Waals surface area contributed by atoms with Crippen molar-refractivity contribution in [3.63, 3.8) is 0 Å². The summed E-state index contributed by atoms with van der Waals surface area (Å²) in [5.41, 5.74) is 1.72. The molecule has 26 heavy (non-hydrogen) atoms. The van der Waals surface area contributed by atoms with E-state index < -0.39 is 0 Å². The summed E-state index contributed by atoms with van der Waals surface area (Å²) >= 11 is 3.50. The molecular formula is C20H25BrN2O3. The summed E-state index contributed by atoms with van der Waals surface area (Å²) in [6.45, 7) is 3.84. The first-order chi connectivity index (χ1) is 12.6. The SMILES string of the molecule is CCCN(CC(=O)Nc1ccccc1OC)Cc1cc(Br)ccc1OC. The smallest absolute Gasteiger partial charge is 0.238 e. The predicted octanol–water partition coefficient (Wildman–Crippen LogP) is 4.32. The van der Waals surface area contributed by atoms with Crippen molar-refractivity contribution in [2.24, 2.45) is 0 Å². The maximum absolute atomic E-state index is 12.5. The van der Waals surface area contributed by atoms with E-state index in [2.05, 4.69) is 33.1 Å². The van der Waals surface area contributed by atoms with Gasteiger partial charge in [-0.25, -0.2) is 0 Å². The maximum atomic E-state index is 12.5. The second-order valence-corrected chi connectivity index (χ2v) is 6.83. The number of para-hydroxylation sites is 2. The molecule has 140 valence electrons. The molecule has 0 heterocycles. The van der Waals surface area contributed by atoms with Gasteiger partial charge < -0.3 is 14.8 Å². The van der Waals surface area contributed by atoms with Crippen molar-refractivity contribution in [3.05, 3.63) is 52.5 Å². The Bertz CT molecular complexity index is 737. The van der Waals surface area contributed by atoms with Gasteiger partial charge in [-0.1, -0.05) is 35.0 Å². The summed E-state index contributed by atoms with van der Waals surface area (Å²) in [4.78, 5) is 14.6. The molecule has 5 nitrogen and oxygen atoms in total. The molecule has 2 aromatic carbocycles. The van der Waals surface area contributed by atoms with Crippen molar-refractivity contribution >= 4 is 27.5 Å². The number of anilines is 1. The Morgan fingerprint density at radius 1 is 1.12 bits per heavy atom. The molecule has 0 spiro atoms. The molecule has 0 aromatic heterocycles. The molecule has 1 N–H and O–H groups in total. The van der Waals surface area contributed by atoms with Gasteiger partial charge in [0.25, 0.3) is 0 Å². The molecule has 0 aliphatic heterocycles. The highest BCUT2D eigenvalue weighted by molar-refractivity contribution is 9.10. The summed E-state index contributed by atoms with van der Waals surface area (Å²) < 4.78 is 11.7. The summed E-state index contributed by atoms with van der Waals surface area (Å²) in [5.74, 6) is 1.40. The van der Waals surface area contributed by atoms with Gasteiger partial charge in [0, 0.05) is 16.6 Å². The van der Waals surface area contributed by atoms with E-state index in [9.17, 15) is 4.79 Å². The molecule has 1 amide bonds. The Balaban J connectivity index is 2.08. The number of nitrogens with one attached hydrogen (secondary N) is 1. The lowest BCUT2D eigenvalue weighted by molar-refractivity contribution is -0.117. The maximum Gasteiger partial charge on any atom is 0.238 e. The van der Waals surface area contributed by atoms with Crippen molar-refractivity contribution in [3.8, 4) is 11.5 Å². The number of hydrogen-bond acceptors (Lipinski definition) is 4. The zero-order chi connectivity index (χ0) is 18.9. The predicted molar refractivity (Wildman–Crippen MR) is 108 cm³/mol. The van der Waals surface area contributed by atoms with Crippen molar-refractivity contribution in [1.29, 1.82) is 0 Å². The lowest BCUT2D eigenvalue weighted by atomic mass is 10.2. The van der Waals surface area contributed by atoms with E-state index in [-0.39, 0.29) is 5.91 Å².